The van der Waals surface area contributed by atoms with Gasteiger partial charge in [0.2, 0.25) is 5.88 Å². The average Bonchev–Trinajstić information content (AvgIpc) is 2.60. The summed E-state index contributed by atoms with van der Waals surface area (Å²) in [6.45, 7) is 0. The molecule has 3 rings (SSSR count). The van der Waals surface area contributed by atoms with E-state index < -0.39 is 4.92 Å². The van der Waals surface area contributed by atoms with Crippen LogP contribution in [-0.4, -0.2) is 24.1 Å². The van der Waals surface area contributed by atoms with Crippen molar-refractivity contribution in [1.29, 1.82) is 0 Å². The van der Waals surface area contributed by atoms with Crippen LogP contribution < -0.4 is 14.2 Å². The standard InChI is InChI=1S/C17H14N2O5/c1-22-13-9-15-14(16(10-13)23-2)7-8-17(18-15)24-12-5-3-11(4-6-12)19(20)21/h3-10H,1-2H3. The number of nitro benzene ring substituents is 1. The minimum absolute atomic E-state index is 0.00305. The molecule has 0 spiro atoms. The lowest BCUT2D eigenvalue weighted by Crippen LogP contribution is -1.93. The molecule has 3 aromatic rings. The van der Waals surface area contributed by atoms with Gasteiger partial charge >= 0.3 is 0 Å². The van der Waals surface area contributed by atoms with Crippen molar-refractivity contribution < 1.29 is 19.1 Å². The summed E-state index contributed by atoms with van der Waals surface area (Å²) in [4.78, 5) is 14.6. The maximum atomic E-state index is 10.7. The van der Waals surface area contributed by atoms with E-state index in [1.165, 1.54) is 24.3 Å². The molecule has 0 amide bonds. The number of non-ortho nitro benzene ring substituents is 1. The first-order valence-electron chi connectivity index (χ1n) is 7.06. The number of rotatable bonds is 5. The van der Waals surface area contributed by atoms with Gasteiger partial charge in [-0.1, -0.05) is 0 Å². The molecule has 0 unspecified atom stereocenters. The molecule has 0 saturated heterocycles. The molecular weight excluding hydrogens is 312 g/mol. The van der Waals surface area contributed by atoms with Crippen LogP contribution in [0.5, 0.6) is 23.1 Å². The highest BCUT2D eigenvalue weighted by molar-refractivity contribution is 5.87. The highest BCUT2D eigenvalue weighted by Gasteiger charge is 2.09. The van der Waals surface area contributed by atoms with E-state index in [0.29, 0.717) is 28.6 Å². The van der Waals surface area contributed by atoms with Crippen molar-refractivity contribution in [3.8, 4) is 23.1 Å². The molecule has 0 aliphatic heterocycles. The van der Waals surface area contributed by atoms with Gasteiger partial charge in [0.1, 0.15) is 17.2 Å². The van der Waals surface area contributed by atoms with Crippen molar-refractivity contribution in [2.75, 3.05) is 14.2 Å². The number of pyridine rings is 1. The summed E-state index contributed by atoms with van der Waals surface area (Å²) in [7, 11) is 3.15. The number of fused-ring (bicyclic) bond motifs is 1. The van der Waals surface area contributed by atoms with Crippen LogP contribution in [-0.2, 0) is 0 Å². The van der Waals surface area contributed by atoms with Crippen LogP contribution in [0.4, 0.5) is 5.69 Å². The molecule has 0 fully saturated rings. The number of nitro groups is 1. The zero-order chi connectivity index (χ0) is 17.1. The van der Waals surface area contributed by atoms with Crippen LogP contribution >= 0.6 is 0 Å². The second-order valence-electron chi connectivity index (χ2n) is 4.90. The van der Waals surface area contributed by atoms with Gasteiger partial charge in [-0.05, 0) is 18.2 Å². The first-order valence-corrected chi connectivity index (χ1v) is 7.06. The Labute approximate surface area is 137 Å². The maximum Gasteiger partial charge on any atom is 0.269 e. The van der Waals surface area contributed by atoms with Gasteiger partial charge < -0.3 is 14.2 Å². The molecule has 2 aromatic carbocycles. The Hall–Kier alpha value is -3.35. The van der Waals surface area contributed by atoms with Crippen LogP contribution in [0.25, 0.3) is 10.9 Å². The van der Waals surface area contributed by atoms with Crippen LogP contribution in [0.15, 0.2) is 48.5 Å². The van der Waals surface area contributed by atoms with E-state index >= 15 is 0 Å². The molecule has 0 radical (unpaired) electrons. The van der Waals surface area contributed by atoms with Crippen molar-refractivity contribution in [1.82, 2.24) is 4.98 Å². The zero-order valence-electron chi connectivity index (χ0n) is 13.1. The molecule has 0 bridgehead atoms. The fourth-order valence-electron chi connectivity index (χ4n) is 2.26. The highest BCUT2D eigenvalue weighted by Crippen LogP contribution is 2.32. The Morgan fingerprint density at radius 1 is 0.958 bits per heavy atom. The van der Waals surface area contributed by atoms with Gasteiger partial charge in [-0.25, -0.2) is 4.98 Å². The summed E-state index contributed by atoms with van der Waals surface area (Å²) >= 11 is 0. The molecule has 1 aromatic heterocycles. The topological polar surface area (TPSA) is 83.7 Å². The molecule has 0 N–H and O–H groups in total. The summed E-state index contributed by atoms with van der Waals surface area (Å²) in [6, 6.07) is 12.9. The summed E-state index contributed by atoms with van der Waals surface area (Å²) in [5.41, 5.74) is 0.661. The van der Waals surface area contributed by atoms with Crippen LogP contribution in [0.1, 0.15) is 0 Å². The van der Waals surface area contributed by atoms with E-state index in [9.17, 15) is 10.1 Å². The minimum atomic E-state index is -0.462. The monoisotopic (exact) mass is 326 g/mol. The number of ether oxygens (including phenoxy) is 3. The smallest absolute Gasteiger partial charge is 0.269 e. The fraction of sp³-hybridized carbons (Fsp3) is 0.118. The molecule has 1 heterocycles. The lowest BCUT2D eigenvalue weighted by atomic mass is 10.2. The van der Waals surface area contributed by atoms with E-state index in [1.807, 2.05) is 6.07 Å². The Morgan fingerprint density at radius 2 is 1.71 bits per heavy atom. The number of nitrogens with zero attached hydrogens (tertiary/aromatic N) is 2. The largest absolute Gasteiger partial charge is 0.497 e. The Bertz CT molecular complexity index is 893. The van der Waals surface area contributed by atoms with Gasteiger partial charge in [0, 0.05) is 35.7 Å². The summed E-state index contributed by atoms with van der Waals surface area (Å²) in [5, 5.41) is 11.5. The summed E-state index contributed by atoms with van der Waals surface area (Å²) in [6.07, 6.45) is 0. The second kappa shape index (κ2) is 6.41. The third-order valence-corrected chi connectivity index (χ3v) is 3.44. The Morgan fingerprint density at radius 3 is 2.33 bits per heavy atom. The van der Waals surface area contributed by atoms with Crippen molar-refractivity contribution >= 4 is 16.6 Å². The van der Waals surface area contributed by atoms with Gasteiger partial charge in [0.25, 0.3) is 5.69 Å². The van der Waals surface area contributed by atoms with E-state index in [0.717, 1.165) is 5.39 Å². The van der Waals surface area contributed by atoms with Gasteiger partial charge in [0.15, 0.2) is 0 Å². The molecule has 7 heteroatoms. The lowest BCUT2D eigenvalue weighted by Gasteiger charge is -2.10. The molecule has 24 heavy (non-hydrogen) atoms. The minimum Gasteiger partial charge on any atom is -0.497 e. The third-order valence-electron chi connectivity index (χ3n) is 3.44. The first kappa shape index (κ1) is 15.5. The quantitative estimate of drug-likeness (QED) is 0.521. The average molecular weight is 326 g/mol. The fourth-order valence-corrected chi connectivity index (χ4v) is 2.26. The lowest BCUT2D eigenvalue weighted by molar-refractivity contribution is -0.384. The van der Waals surface area contributed by atoms with E-state index in [2.05, 4.69) is 4.98 Å². The maximum absolute atomic E-state index is 10.7. The van der Waals surface area contributed by atoms with Gasteiger partial charge in [-0.2, -0.15) is 0 Å². The predicted octanol–water partition coefficient (Wildman–Crippen LogP) is 3.95. The number of hydrogen-bond acceptors (Lipinski definition) is 6. The van der Waals surface area contributed by atoms with Gasteiger partial charge in [-0.15, -0.1) is 0 Å². The van der Waals surface area contributed by atoms with E-state index in [4.69, 9.17) is 14.2 Å². The number of hydrogen-bond donors (Lipinski definition) is 0. The molecule has 7 nitrogen and oxygen atoms in total. The Kier molecular flexibility index (Phi) is 4.15. The summed E-state index contributed by atoms with van der Waals surface area (Å²) in [5.74, 6) is 2.10. The van der Waals surface area contributed by atoms with Crippen LogP contribution in [0, 0.1) is 10.1 Å². The van der Waals surface area contributed by atoms with Crippen LogP contribution in [0.2, 0.25) is 0 Å². The first-order chi connectivity index (χ1) is 11.6. The van der Waals surface area contributed by atoms with Gasteiger partial charge in [0.05, 0.1) is 24.7 Å². The van der Waals surface area contributed by atoms with Gasteiger partial charge in [-0.3, -0.25) is 10.1 Å². The van der Waals surface area contributed by atoms with Crippen molar-refractivity contribution in [2.24, 2.45) is 0 Å². The summed E-state index contributed by atoms with van der Waals surface area (Å²) < 4.78 is 16.2. The van der Waals surface area contributed by atoms with E-state index in [1.54, 1.807) is 32.4 Å². The molecule has 0 aliphatic rings. The van der Waals surface area contributed by atoms with E-state index in [-0.39, 0.29) is 5.69 Å². The number of benzene rings is 2. The van der Waals surface area contributed by atoms with Crippen molar-refractivity contribution in [3.05, 3.63) is 58.6 Å². The zero-order valence-corrected chi connectivity index (χ0v) is 13.1. The molecule has 0 atom stereocenters. The second-order valence-corrected chi connectivity index (χ2v) is 4.90. The number of aromatic nitrogens is 1. The third kappa shape index (κ3) is 3.05. The normalized spacial score (nSPS) is 10.4. The molecular formula is C17H14N2O5. The van der Waals surface area contributed by atoms with Crippen molar-refractivity contribution in [3.63, 3.8) is 0 Å². The molecule has 122 valence electrons. The predicted molar refractivity (Wildman–Crippen MR) is 88.0 cm³/mol. The van der Waals surface area contributed by atoms with Crippen LogP contribution in [0.3, 0.4) is 0 Å². The number of methoxy groups -OCH3 is 2. The van der Waals surface area contributed by atoms with Crippen molar-refractivity contribution in [2.45, 2.75) is 0 Å². The Balaban J connectivity index is 1.93. The highest BCUT2D eigenvalue weighted by atomic mass is 16.6. The molecule has 0 aliphatic carbocycles. The molecule has 0 saturated carbocycles. The SMILES string of the molecule is COc1cc(OC)c2ccc(Oc3ccc([N+](=O)[O-])cc3)nc2c1.